The highest BCUT2D eigenvalue weighted by Crippen LogP contribution is 2.19. The van der Waals surface area contributed by atoms with Crippen LogP contribution in [-0.2, 0) is 16.0 Å². The Hall–Kier alpha value is -2.22. The molecular weight excluding hydrogens is 324 g/mol. The first-order valence-corrected chi connectivity index (χ1v) is 7.00. The number of aromatic carboxylic acids is 1. The minimum absolute atomic E-state index is 0.00207. The van der Waals surface area contributed by atoms with Gasteiger partial charge in [0.25, 0.3) is 5.56 Å². The smallest absolute Gasteiger partial charge is 0.342 e. The molecule has 0 atom stereocenters. The fraction of sp³-hybridized carbons (Fsp3) is 0.267. The van der Waals surface area contributed by atoms with Crippen molar-refractivity contribution in [2.75, 3.05) is 14.2 Å². The summed E-state index contributed by atoms with van der Waals surface area (Å²) in [5.41, 5.74) is -0.486. The lowest BCUT2D eigenvalue weighted by Crippen LogP contribution is -2.33. The molecule has 1 heterocycles. The number of carboxylic acids is 1. The first-order valence-electron chi connectivity index (χ1n) is 6.62. The molecule has 0 bridgehead atoms. The van der Waals surface area contributed by atoms with Gasteiger partial charge < -0.3 is 14.6 Å². The highest BCUT2D eigenvalue weighted by molar-refractivity contribution is 6.30. The van der Waals surface area contributed by atoms with E-state index < -0.39 is 23.4 Å². The molecule has 1 aromatic carbocycles. The Morgan fingerprint density at radius 3 is 2.43 bits per heavy atom. The quantitative estimate of drug-likeness (QED) is 0.809. The van der Waals surface area contributed by atoms with Crippen LogP contribution >= 0.6 is 11.6 Å². The van der Waals surface area contributed by atoms with Crippen molar-refractivity contribution >= 4 is 17.6 Å². The van der Waals surface area contributed by atoms with Gasteiger partial charge in [-0.25, -0.2) is 9.78 Å². The molecule has 0 saturated carbocycles. The zero-order valence-corrected chi connectivity index (χ0v) is 13.3. The average Bonchev–Trinajstić information content (AvgIpc) is 2.54. The van der Waals surface area contributed by atoms with Crippen LogP contribution in [0.1, 0.15) is 10.4 Å². The normalized spacial score (nSPS) is 11.0. The highest BCUT2D eigenvalue weighted by Gasteiger charge is 2.19. The molecule has 1 aromatic heterocycles. The van der Waals surface area contributed by atoms with Gasteiger partial charge in [0.1, 0.15) is 11.4 Å². The number of hydrogen-bond donors (Lipinski definition) is 1. The third-order valence-corrected chi connectivity index (χ3v) is 3.49. The van der Waals surface area contributed by atoms with Crippen LogP contribution in [-0.4, -0.2) is 41.1 Å². The molecule has 0 saturated heterocycles. The summed E-state index contributed by atoms with van der Waals surface area (Å²) in [5.74, 6) is -1.04. The van der Waals surface area contributed by atoms with Crippen LogP contribution in [0.5, 0.6) is 0 Å². The maximum atomic E-state index is 12.4. The molecule has 2 rings (SSSR count). The van der Waals surface area contributed by atoms with Crippen molar-refractivity contribution in [2.24, 2.45) is 0 Å². The SMILES string of the molecule is COC(Cn1c(-c2ccc(Cl)cc2)ncc(C(=O)O)c1=O)OC. The fourth-order valence-electron chi connectivity index (χ4n) is 2.03. The molecule has 23 heavy (non-hydrogen) atoms. The molecule has 0 fully saturated rings. The van der Waals surface area contributed by atoms with E-state index in [1.807, 2.05) is 0 Å². The summed E-state index contributed by atoms with van der Waals surface area (Å²) in [6.07, 6.45) is 0.323. The Labute approximate surface area is 137 Å². The average molecular weight is 339 g/mol. The Kier molecular flexibility index (Phi) is 5.49. The summed E-state index contributed by atoms with van der Waals surface area (Å²) in [4.78, 5) is 27.7. The summed E-state index contributed by atoms with van der Waals surface area (Å²) >= 11 is 5.86. The second kappa shape index (κ2) is 7.36. The van der Waals surface area contributed by atoms with E-state index in [1.165, 1.54) is 18.8 Å². The molecule has 2 aromatic rings. The van der Waals surface area contributed by atoms with Crippen molar-refractivity contribution in [3.05, 3.63) is 51.4 Å². The van der Waals surface area contributed by atoms with Crippen LogP contribution in [0.4, 0.5) is 0 Å². The molecule has 7 nitrogen and oxygen atoms in total. The Morgan fingerprint density at radius 1 is 1.30 bits per heavy atom. The van der Waals surface area contributed by atoms with Gasteiger partial charge in [0.15, 0.2) is 6.29 Å². The van der Waals surface area contributed by atoms with Gasteiger partial charge in [-0.05, 0) is 24.3 Å². The standard InChI is InChI=1S/C15H15ClN2O5/c1-22-12(23-2)8-18-13(9-3-5-10(16)6-4-9)17-7-11(14(18)19)15(20)21/h3-7,12H,8H2,1-2H3,(H,20,21). The number of aromatic nitrogens is 2. The molecule has 0 spiro atoms. The van der Waals surface area contributed by atoms with E-state index in [0.717, 1.165) is 6.20 Å². The summed E-state index contributed by atoms with van der Waals surface area (Å²) < 4.78 is 11.4. The zero-order chi connectivity index (χ0) is 17.0. The Balaban J connectivity index is 2.61. The van der Waals surface area contributed by atoms with E-state index in [2.05, 4.69) is 4.98 Å². The largest absolute Gasteiger partial charge is 0.477 e. The summed E-state index contributed by atoms with van der Waals surface area (Å²) in [6.45, 7) is -0.00207. The third-order valence-electron chi connectivity index (χ3n) is 3.24. The zero-order valence-electron chi connectivity index (χ0n) is 12.5. The van der Waals surface area contributed by atoms with Crippen molar-refractivity contribution in [3.63, 3.8) is 0 Å². The van der Waals surface area contributed by atoms with Gasteiger partial charge >= 0.3 is 5.97 Å². The molecular formula is C15H15ClN2O5. The number of halogens is 1. The Bertz CT molecular complexity index is 753. The molecule has 0 radical (unpaired) electrons. The number of ether oxygens (including phenoxy) is 2. The number of hydrogen-bond acceptors (Lipinski definition) is 5. The monoisotopic (exact) mass is 338 g/mol. The number of nitrogens with zero attached hydrogens (tertiary/aromatic N) is 2. The van der Waals surface area contributed by atoms with Gasteiger partial charge in [-0.2, -0.15) is 0 Å². The predicted octanol–water partition coefficient (Wildman–Crippen LogP) is 1.88. The van der Waals surface area contributed by atoms with Crippen LogP contribution in [0.2, 0.25) is 5.02 Å². The first-order chi connectivity index (χ1) is 11.0. The number of methoxy groups -OCH3 is 2. The lowest BCUT2D eigenvalue weighted by atomic mass is 10.2. The highest BCUT2D eigenvalue weighted by atomic mass is 35.5. The summed E-state index contributed by atoms with van der Waals surface area (Å²) in [7, 11) is 2.85. The van der Waals surface area contributed by atoms with Crippen LogP contribution in [0.15, 0.2) is 35.3 Å². The fourth-order valence-corrected chi connectivity index (χ4v) is 2.16. The maximum absolute atomic E-state index is 12.4. The summed E-state index contributed by atoms with van der Waals surface area (Å²) in [6, 6.07) is 6.69. The molecule has 0 amide bonds. The van der Waals surface area contributed by atoms with Crippen molar-refractivity contribution in [1.29, 1.82) is 0 Å². The molecule has 122 valence electrons. The lowest BCUT2D eigenvalue weighted by molar-refractivity contribution is -0.111. The van der Waals surface area contributed by atoms with E-state index in [0.29, 0.717) is 16.4 Å². The molecule has 0 aliphatic heterocycles. The van der Waals surface area contributed by atoms with E-state index in [4.69, 9.17) is 26.2 Å². The van der Waals surface area contributed by atoms with Crippen molar-refractivity contribution in [1.82, 2.24) is 9.55 Å². The van der Waals surface area contributed by atoms with Crippen LogP contribution < -0.4 is 5.56 Å². The number of benzene rings is 1. The number of rotatable bonds is 6. The van der Waals surface area contributed by atoms with Gasteiger partial charge in [0.2, 0.25) is 0 Å². The van der Waals surface area contributed by atoms with Crippen molar-refractivity contribution in [3.8, 4) is 11.4 Å². The predicted molar refractivity (Wildman–Crippen MR) is 83.7 cm³/mol. The van der Waals surface area contributed by atoms with Gasteiger partial charge in [0.05, 0.1) is 6.54 Å². The molecule has 0 aliphatic rings. The molecule has 0 aliphatic carbocycles. The third kappa shape index (κ3) is 3.76. The summed E-state index contributed by atoms with van der Waals surface area (Å²) in [5, 5.41) is 9.64. The minimum atomic E-state index is -1.34. The second-order valence-electron chi connectivity index (χ2n) is 4.62. The maximum Gasteiger partial charge on any atom is 0.342 e. The van der Waals surface area contributed by atoms with E-state index in [9.17, 15) is 9.59 Å². The van der Waals surface area contributed by atoms with E-state index >= 15 is 0 Å². The topological polar surface area (TPSA) is 90.7 Å². The van der Waals surface area contributed by atoms with E-state index in [-0.39, 0.29) is 6.54 Å². The molecule has 1 N–H and O–H groups in total. The van der Waals surface area contributed by atoms with Crippen molar-refractivity contribution < 1.29 is 19.4 Å². The Morgan fingerprint density at radius 2 is 1.91 bits per heavy atom. The first kappa shape index (κ1) is 17.1. The number of carbonyl (C=O) groups is 1. The number of carboxylic acid groups (broad SMARTS) is 1. The molecule has 0 unspecified atom stereocenters. The molecule has 8 heteroatoms. The van der Waals surface area contributed by atoms with Gasteiger partial charge in [-0.15, -0.1) is 0 Å². The van der Waals surface area contributed by atoms with Gasteiger partial charge in [-0.3, -0.25) is 9.36 Å². The van der Waals surface area contributed by atoms with Crippen molar-refractivity contribution in [2.45, 2.75) is 12.8 Å². The minimum Gasteiger partial charge on any atom is -0.477 e. The van der Waals surface area contributed by atoms with Crippen LogP contribution in [0, 0.1) is 0 Å². The lowest BCUT2D eigenvalue weighted by Gasteiger charge is -2.18. The van der Waals surface area contributed by atoms with Gasteiger partial charge in [-0.1, -0.05) is 11.6 Å². The second-order valence-corrected chi connectivity index (χ2v) is 5.06. The van der Waals surface area contributed by atoms with Gasteiger partial charge in [0, 0.05) is 31.0 Å². The van der Waals surface area contributed by atoms with Crippen LogP contribution in [0.3, 0.4) is 0 Å². The van der Waals surface area contributed by atoms with Crippen LogP contribution in [0.25, 0.3) is 11.4 Å². The van der Waals surface area contributed by atoms with E-state index in [1.54, 1.807) is 24.3 Å².